The first-order chi connectivity index (χ1) is 11.5. The lowest BCUT2D eigenvalue weighted by Crippen LogP contribution is -2.39. The highest BCUT2D eigenvalue weighted by molar-refractivity contribution is 6.30. The van der Waals surface area contributed by atoms with Crippen LogP contribution >= 0.6 is 11.6 Å². The molecular formula is C19H27ClN2O2. The van der Waals surface area contributed by atoms with Crippen molar-refractivity contribution in [3.63, 3.8) is 0 Å². The van der Waals surface area contributed by atoms with E-state index >= 15 is 0 Å². The van der Waals surface area contributed by atoms with Gasteiger partial charge in [-0.05, 0) is 37.0 Å². The average molecular weight is 351 g/mol. The minimum atomic E-state index is 0.00873. The van der Waals surface area contributed by atoms with Crippen LogP contribution in [-0.4, -0.2) is 35.8 Å². The van der Waals surface area contributed by atoms with E-state index in [-0.39, 0.29) is 11.8 Å². The Morgan fingerprint density at radius 2 is 1.79 bits per heavy atom. The Hall–Kier alpha value is -1.55. The zero-order valence-corrected chi connectivity index (χ0v) is 15.1. The first-order valence-electron chi connectivity index (χ1n) is 8.84. The molecule has 2 amide bonds. The summed E-state index contributed by atoms with van der Waals surface area (Å²) in [4.78, 5) is 25.6. The molecule has 132 valence electrons. The monoisotopic (exact) mass is 350 g/mol. The molecule has 1 fully saturated rings. The van der Waals surface area contributed by atoms with Crippen molar-refractivity contribution < 1.29 is 9.59 Å². The van der Waals surface area contributed by atoms with Crippen LogP contribution in [0.1, 0.15) is 51.0 Å². The smallest absolute Gasteiger partial charge is 0.221 e. The number of rotatable bonds is 7. The molecule has 0 atom stereocenters. The maximum absolute atomic E-state index is 12.1. The largest absolute Gasteiger partial charge is 0.353 e. The second kappa shape index (κ2) is 9.67. The Morgan fingerprint density at radius 3 is 2.42 bits per heavy atom. The van der Waals surface area contributed by atoms with Crippen LogP contribution in [0, 0.1) is 0 Å². The van der Waals surface area contributed by atoms with Crippen molar-refractivity contribution in [2.45, 2.75) is 57.9 Å². The minimum Gasteiger partial charge on any atom is -0.353 e. The highest BCUT2D eigenvalue weighted by atomic mass is 35.5. The van der Waals surface area contributed by atoms with Gasteiger partial charge in [0.25, 0.3) is 0 Å². The number of nitrogens with one attached hydrogen (secondary N) is 1. The van der Waals surface area contributed by atoms with Crippen LogP contribution in [0.3, 0.4) is 0 Å². The second-order valence-corrected chi connectivity index (χ2v) is 6.97. The predicted octanol–water partition coefficient (Wildman–Crippen LogP) is 3.57. The molecule has 1 saturated carbocycles. The topological polar surface area (TPSA) is 49.4 Å². The number of nitrogens with zero attached hydrogens (tertiary/aromatic N) is 1. The van der Waals surface area contributed by atoms with Gasteiger partial charge in [0.2, 0.25) is 11.8 Å². The number of carbonyl (C=O) groups is 2. The second-order valence-electron chi connectivity index (χ2n) is 6.53. The molecule has 1 aliphatic rings. The Kier molecular flexibility index (Phi) is 7.57. The normalized spacial score (nSPS) is 15.1. The molecule has 24 heavy (non-hydrogen) atoms. The van der Waals surface area contributed by atoms with E-state index in [4.69, 9.17) is 11.6 Å². The lowest BCUT2D eigenvalue weighted by Gasteiger charge is -2.24. The Morgan fingerprint density at radius 1 is 1.12 bits per heavy atom. The summed E-state index contributed by atoms with van der Waals surface area (Å²) in [6.07, 6.45) is 6.97. The van der Waals surface area contributed by atoms with E-state index in [1.807, 2.05) is 24.3 Å². The summed E-state index contributed by atoms with van der Waals surface area (Å²) < 4.78 is 0. The van der Waals surface area contributed by atoms with Gasteiger partial charge in [0, 0.05) is 37.5 Å². The van der Waals surface area contributed by atoms with Crippen LogP contribution in [0.2, 0.25) is 5.02 Å². The lowest BCUT2D eigenvalue weighted by molar-refractivity contribution is -0.129. The predicted molar refractivity (Wildman–Crippen MR) is 97.0 cm³/mol. The summed E-state index contributed by atoms with van der Waals surface area (Å²) in [5.74, 6) is 0.0640. The SMILES string of the molecule is CC(=O)N(CCC(=O)NC1CCCCC1)CCc1ccc(Cl)cc1. The van der Waals surface area contributed by atoms with Crippen LogP contribution < -0.4 is 5.32 Å². The molecule has 0 aliphatic heterocycles. The molecule has 0 spiro atoms. The summed E-state index contributed by atoms with van der Waals surface area (Å²) in [7, 11) is 0. The molecule has 0 heterocycles. The van der Waals surface area contributed by atoms with E-state index in [2.05, 4.69) is 5.32 Å². The van der Waals surface area contributed by atoms with Gasteiger partial charge < -0.3 is 10.2 Å². The number of hydrogen-bond donors (Lipinski definition) is 1. The third-order valence-corrected chi connectivity index (χ3v) is 4.86. The highest BCUT2D eigenvalue weighted by Crippen LogP contribution is 2.17. The lowest BCUT2D eigenvalue weighted by atomic mass is 9.95. The van der Waals surface area contributed by atoms with E-state index in [0.29, 0.717) is 30.6 Å². The van der Waals surface area contributed by atoms with Gasteiger partial charge in [0.1, 0.15) is 0 Å². The van der Waals surface area contributed by atoms with Crippen molar-refractivity contribution in [1.82, 2.24) is 10.2 Å². The number of benzene rings is 1. The molecule has 1 aromatic rings. The van der Waals surface area contributed by atoms with Crippen molar-refractivity contribution >= 4 is 23.4 Å². The van der Waals surface area contributed by atoms with Crippen molar-refractivity contribution in [3.05, 3.63) is 34.9 Å². The Balaban J connectivity index is 1.74. The van der Waals surface area contributed by atoms with Gasteiger partial charge in [-0.25, -0.2) is 0 Å². The molecular weight excluding hydrogens is 324 g/mol. The summed E-state index contributed by atoms with van der Waals surface area (Å²) >= 11 is 5.88. The van der Waals surface area contributed by atoms with Crippen molar-refractivity contribution in [2.24, 2.45) is 0 Å². The van der Waals surface area contributed by atoms with Gasteiger partial charge in [0.15, 0.2) is 0 Å². The van der Waals surface area contributed by atoms with E-state index in [1.165, 1.54) is 19.3 Å². The maximum Gasteiger partial charge on any atom is 0.221 e. The fourth-order valence-electron chi connectivity index (χ4n) is 3.13. The molecule has 2 rings (SSSR count). The maximum atomic E-state index is 12.1. The number of hydrogen-bond acceptors (Lipinski definition) is 2. The fraction of sp³-hybridized carbons (Fsp3) is 0.579. The third kappa shape index (κ3) is 6.52. The molecule has 0 aromatic heterocycles. The van der Waals surface area contributed by atoms with Crippen LogP contribution in [0.4, 0.5) is 0 Å². The van der Waals surface area contributed by atoms with Gasteiger partial charge in [-0.15, -0.1) is 0 Å². The number of carbonyl (C=O) groups excluding carboxylic acids is 2. The van der Waals surface area contributed by atoms with E-state index in [9.17, 15) is 9.59 Å². The summed E-state index contributed by atoms with van der Waals surface area (Å²) in [6, 6.07) is 7.97. The van der Waals surface area contributed by atoms with Gasteiger partial charge in [0.05, 0.1) is 0 Å². The molecule has 0 bridgehead atoms. The molecule has 4 nitrogen and oxygen atoms in total. The molecule has 1 aromatic carbocycles. The quantitative estimate of drug-likeness (QED) is 0.817. The zero-order chi connectivity index (χ0) is 17.4. The first kappa shape index (κ1) is 18.8. The summed E-state index contributed by atoms with van der Waals surface area (Å²) in [5, 5.41) is 3.81. The van der Waals surface area contributed by atoms with E-state index in [1.54, 1.807) is 11.8 Å². The van der Waals surface area contributed by atoms with Crippen molar-refractivity contribution in [2.75, 3.05) is 13.1 Å². The molecule has 1 aliphatic carbocycles. The van der Waals surface area contributed by atoms with Crippen LogP contribution in [-0.2, 0) is 16.0 Å². The molecule has 1 N–H and O–H groups in total. The molecule has 0 unspecified atom stereocenters. The van der Waals surface area contributed by atoms with Crippen LogP contribution in [0.25, 0.3) is 0 Å². The van der Waals surface area contributed by atoms with Gasteiger partial charge >= 0.3 is 0 Å². The minimum absolute atomic E-state index is 0.00873. The molecule has 0 saturated heterocycles. The van der Waals surface area contributed by atoms with Crippen LogP contribution in [0.15, 0.2) is 24.3 Å². The highest BCUT2D eigenvalue weighted by Gasteiger charge is 2.17. The van der Waals surface area contributed by atoms with Gasteiger partial charge in [-0.1, -0.05) is 43.0 Å². The number of halogens is 1. The molecule has 5 heteroatoms. The van der Waals surface area contributed by atoms with Gasteiger partial charge in [-0.3, -0.25) is 9.59 Å². The van der Waals surface area contributed by atoms with Crippen molar-refractivity contribution in [1.29, 1.82) is 0 Å². The summed E-state index contributed by atoms with van der Waals surface area (Å²) in [6.45, 7) is 2.65. The summed E-state index contributed by atoms with van der Waals surface area (Å²) in [5.41, 5.74) is 1.14. The third-order valence-electron chi connectivity index (χ3n) is 4.61. The van der Waals surface area contributed by atoms with Gasteiger partial charge in [-0.2, -0.15) is 0 Å². The number of amides is 2. The Labute approximate surface area is 149 Å². The Bertz CT molecular complexity index is 539. The van der Waals surface area contributed by atoms with E-state index < -0.39 is 0 Å². The van der Waals surface area contributed by atoms with E-state index in [0.717, 1.165) is 24.8 Å². The molecule has 0 radical (unpaired) electrons. The standard InChI is InChI=1S/C19H27ClN2O2/c1-15(23)22(13-11-16-7-9-17(20)10-8-16)14-12-19(24)21-18-5-3-2-4-6-18/h7-10,18H,2-6,11-14H2,1H3,(H,21,24). The zero-order valence-electron chi connectivity index (χ0n) is 14.4. The van der Waals surface area contributed by atoms with Crippen LogP contribution in [0.5, 0.6) is 0 Å². The first-order valence-corrected chi connectivity index (χ1v) is 9.21. The van der Waals surface area contributed by atoms with Crippen molar-refractivity contribution in [3.8, 4) is 0 Å². The fourth-order valence-corrected chi connectivity index (χ4v) is 3.25. The average Bonchev–Trinajstić information content (AvgIpc) is 2.57.